The van der Waals surface area contributed by atoms with Crippen molar-refractivity contribution in [2.45, 2.75) is 12.6 Å². The number of hydrogen-bond donors (Lipinski definition) is 2. The van der Waals surface area contributed by atoms with Gasteiger partial charge in [-0.25, -0.2) is 19.6 Å². The third kappa shape index (κ3) is 11.6. The number of ether oxygens (including phenoxy) is 4. The van der Waals surface area contributed by atoms with E-state index in [9.17, 15) is 19.8 Å². The lowest BCUT2D eigenvalue weighted by atomic mass is 10.00. The molecule has 250 valence electrons. The number of aliphatic imine (C=N–C) groups is 1. The number of thiocarbonyl (C=S) groups is 1. The van der Waals surface area contributed by atoms with Gasteiger partial charge in [0, 0.05) is 38.9 Å². The van der Waals surface area contributed by atoms with Crippen molar-refractivity contribution in [1.82, 2.24) is 19.8 Å². The molecule has 0 aliphatic carbocycles. The van der Waals surface area contributed by atoms with Crippen LogP contribution in [0.2, 0.25) is 0 Å². The zero-order chi connectivity index (χ0) is 33.3. The van der Waals surface area contributed by atoms with E-state index >= 15 is 0 Å². The van der Waals surface area contributed by atoms with Crippen molar-refractivity contribution in [2.24, 2.45) is 4.99 Å². The first-order valence-corrected chi connectivity index (χ1v) is 15.7. The van der Waals surface area contributed by atoms with Gasteiger partial charge in [0.2, 0.25) is 0 Å². The maximum atomic E-state index is 11.8. The van der Waals surface area contributed by atoms with Crippen LogP contribution in [0.3, 0.4) is 0 Å². The fourth-order valence-electron chi connectivity index (χ4n) is 5.11. The summed E-state index contributed by atoms with van der Waals surface area (Å²) in [6.45, 7) is 5.71. The Balaban J connectivity index is 1.43. The summed E-state index contributed by atoms with van der Waals surface area (Å²) < 4.78 is 23.6. The zero-order valence-corrected chi connectivity index (χ0v) is 26.8. The van der Waals surface area contributed by atoms with Gasteiger partial charge in [-0.15, -0.1) is 0 Å². The van der Waals surface area contributed by atoms with Crippen molar-refractivity contribution in [3.05, 3.63) is 89.0 Å². The summed E-state index contributed by atoms with van der Waals surface area (Å²) in [5.74, 6) is -2.17. The van der Waals surface area contributed by atoms with Crippen molar-refractivity contribution < 1.29 is 38.7 Å². The van der Waals surface area contributed by atoms with Crippen LogP contribution in [0.15, 0.2) is 65.8 Å². The first kappa shape index (κ1) is 35.9. The van der Waals surface area contributed by atoms with Crippen LogP contribution in [0, 0.1) is 0 Å². The average molecular weight is 666 g/mol. The van der Waals surface area contributed by atoms with Crippen LogP contribution in [0.1, 0.15) is 43.8 Å². The van der Waals surface area contributed by atoms with Gasteiger partial charge in [-0.1, -0.05) is 24.3 Å². The smallest absolute Gasteiger partial charge is 0.354 e. The van der Waals surface area contributed by atoms with Gasteiger partial charge >= 0.3 is 11.9 Å². The summed E-state index contributed by atoms with van der Waals surface area (Å²) in [5.41, 5.74) is 2.75. The molecule has 1 aromatic carbocycles. The van der Waals surface area contributed by atoms with Crippen LogP contribution in [0.5, 0.6) is 0 Å². The average Bonchev–Trinajstić information content (AvgIpc) is 3.07. The van der Waals surface area contributed by atoms with E-state index in [1.165, 1.54) is 12.3 Å². The Kier molecular flexibility index (Phi) is 15.0. The van der Waals surface area contributed by atoms with Crippen LogP contribution < -0.4 is 0 Å². The molecule has 2 aromatic heterocycles. The molecule has 1 unspecified atom stereocenters. The molecule has 1 aliphatic heterocycles. The highest BCUT2D eigenvalue weighted by atomic mass is 32.1. The van der Waals surface area contributed by atoms with Gasteiger partial charge in [-0.05, 0) is 53.7 Å². The highest BCUT2D eigenvalue weighted by Crippen LogP contribution is 2.29. The van der Waals surface area contributed by atoms with Gasteiger partial charge in [0.25, 0.3) is 0 Å². The predicted molar refractivity (Wildman–Crippen MR) is 175 cm³/mol. The summed E-state index contributed by atoms with van der Waals surface area (Å²) >= 11 is 4.74. The molecule has 0 amide bonds. The number of nitrogens with zero attached hydrogens (tertiary/aromatic N) is 5. The number of carbonyl (C=O) groups is 2. The standard InChI is InChI=1S/C33H39N5O8S/c39-32(40)29-5-1-4-28(36-29)31(25-6-8-27(9-7-25)35-24-47)38-13-17-45-21-19-43-15-11-37(12-16-44-20-22-46-18-14-38)23-26-3-2-10-34-30(26)33(41)42/h1-10,31H,11-23H2,(H,39,40)(H,41,42). The predicted octanol–water partition coefficient (Wildman–Crippen LogP) is 3.58. The van der Waals surface area contributed by atoms with Gasteiger partial charge in [0.15, 0.2) is 5.69 Å². The lowest BCUT2D eigenvalue weighted by Crippen LogP contribution is -2.36. The molecule has 4 rings (SSSR count). The van der Waals surface area contributed by atoms with Crippen LogP contribution in [-0.4, -0.2) is 126 Å². The topological polar surface area (TPSA) is 156 Å². The summed E-state index contributed by atoms with van der Waals surface area (Å²) in [6.07, 6.45) is 1.47. The second-order valence-corrected chi connectivity index (χ2v) is 10.7. The number of rotatable bonds is 8. The van der Waals surface area contributed by atoms with E-state index in [2.05, 4.69) is 29.9 Å². The molecular weight excluding hydrogens is 626 g/mol. The maximum Gasteiger partial charge on any atom is 0.354 e. The Morgan fingerprint density at radius 3 is 2.00 bits per heavy atom. The molecule has 1 fully saturated rings. The van der Waals surface area contributed by atoms with E-state index in [1.807, 2.05) is 30.3 Å². The van der Waals surface area contributed by atoms with E-state index in [4.69, 9.17) is 31.2 Å². The molecule has 2 N–H and O–H groups in total. The summed E-state index contributed by atoms with van der Waals surface area (Å²) in [4.78, 5) is 40.2. The van der Waals surface area contributed by atoms with Crippen molar-refractivity contribution in [3.8, 4) is 0 Å². The van der Waals surface area contributed by atoms with E-state index in [0.29, 0.717) is 103 Å². The summed E-state index contributed by atoms with van der Waals surface area (Å²) in [6, 6.07) is 15.6. The van der Waals surface area contributed by atoms with Crippen molar-refractivity contribution in [1.29, 1.82) is 0 Å². The third-order valence-corrected chi connectivity index (χ3v) is 7.49. The van der Waals surface area contributed by atoms with Crippen molar-refractivity contribution in [2.75, 3.05) is 79.0 Å². The first-order valence-electron chi connectivity index (χ1n) is 15.3. The van der Waals surface area contributed by atoms with E-state index in [0.717, 1.165) is 5.56 Å². The van der Waals surface area contributed by atoms with Crippen LogP contribution in [-0.2, 0) is 25.5 Å². The Labute approximate surface area is 278 Å². The van der Waals surface area contributed by atoms with Gasteiger partial charge < -0.3 is 29.2 Å². The number of hydrogen-bond acceptors (Lipinski definition) is 12. The Morgan fingerprint density at radius 1 is 0.809 bits per heavy atom. The first-order chi connectivity index (χ1) is 23.0. The monoisotopic (exact) mass is 665 g/mol. The summed E-state index contributed by atoms with van der Waals surface area (Å²) in [5, 5.41) is 21.5. The van der Waals surface area contributed by atoms with Gasteiger partial charge in [-0.2, -0.15) is 4.99 Å². The van der Waals surface area contributed by atoms with Crippen molar-refractivity contribution in [3.63, 3.8) is 0 Å². The molecule has 47 heavy (non-hydrogen) atoms. The molecule has 13 nitrogen and oxygen atoms in total. The lowest BCUT2D eigenvalue weighted by molar-refractivity contribution is 0.00338. The maximum absolute atomic E-state index is 11.8. The van der Waals surface area contributed by atoms with Gasteiger partial charge in [-0.3, -0.25) is 9.80 Å². The van der Waals surface area contributed by atoms with Gasteiger partial charge in [0.1, 0.15) is 5.69 Å². The number of carboxylic acid groups (broad SMARTS) is 2. The SMILES string of the molecule is O=C(O)c1cccc(C(c2ccc(N=C=S)cc2)N2CCOCCOCCN(Cc3cccnc3C(=O)O)CCOCCOCC2)n1. The largest absolute Gasteiger partial charge is 0.477 e. The van der Waals surface area contributed by atoms with Crippen LogP contribution >= 0.6 is 12.2 Å². The molecular formula is C33H39N5O8S. The molecule has 1 aliphatic rings. The number of benzene rings is 1. The van der Waals surface area contributed by atoms with Crippen molar-refractivity contribution >= 4 is 35.0 Å². The highest BCUT2D eigenvalue weighted by molar-refractivity contribution is 7.78. The molecule has 1 saturated heterocycles. The van der Waals surface area contributed by atoms with E-state index < -0.39 is 18.0 Å². The van der Waals surface area contributed by atoms with Crippen LogP contribution in [0.4, 0.5) is 5.69 Å². The Bertz CT molecular complexity index is 1470. The quantitative estimate of drug-likeness (QED) is 0.266. The fraction of sp³-hybridized carbons (Fsp3) is 0.424. The van der Waals surface area contributed by atoms with E-state index in [-0.39, 0.29) is 11.4 Å². The lowest BCUT2D eigenvalue weighted by Gasteiger charge is -2.32. The Morgan fingerprint density at radius 2 is 1.43 bits per heavy atom. The number of aromatic carboxylic acids is 2. The summed E-state index contributed by atoms with van der Waals surface area (Å²) in [7, 11) is 0. The minimum absolute atomic E-state index is 0.0366. The molecule has 0 saturated carbocycles. The molecule has 0 spiro atoms. The Hall–Kier alpha value is -3.98. The number of pyridine rings is 2. The normalized spacial score (nSPS) is 17.4. The molecule has 1 atom stereocenters. The molecule has 0 bridgehead atoms. The number of aromatic nitrogens is 2. The second-order valence-electron chi connectivity index (χ2n) is 10.5. The van der Waals surface area contributed by atoms with E-state index in [1.54, 1.807) is 18.2 Å². The van der Waals surface area contributed by atoms with Gasteiger partial charge in [0.05, 0.1) is 75.4 Å². The fourth-order valence-corrected chi connectivity index (χ4v) is 5.22. The van der Waals surface area contributed by atoms with Crippen LogP contribution in [0.25, 0.3) is 0 Å². The number of isothiocyanates is 1. The number of carboxylic acids is 2. The zero-order valence-electron chi connectivity index (χ0n) is 26.0. The second kappa shape index (κ2) is 19.6. The minimum Gasteiger partial charge on any atom is -0.477 e. The highest BCUT2D eigenvalue weighted by Gasteiger charge is 2.25. The molecule has 3 heterocycles. The molecule has 0 radical (unpaired) electrons. The third-order valence-electron chi connectivity index (χ3n) is 7.40. The molecule has 3 aromatic rings. The minimum atomic E-state index is -1.10. The molecule has 14 heteroatoms.